The van der Waals surface area contributed by atoms with Crippen molar-refractivity contribution in [3.63, 3.8) is 0 Å². The Morgan fingerprint density at radius 2 is 1.91 bits per heavy atom. The van der Waals surface area contributed by atoms with Gasteiger partial charge in [0.15, 0.2) is 0 Å². The molecular weight excluding hydrogens is 362 g/mol. The molecule has 3 rings (SSSR count). The number of amides is 1. The zero-order valence-electron chi connectivity index (χ0n) is 12.1. The number of ether oxygens (including phenoxy) is 1. The summed E-state index contributed by atoms with van der Waals surface area (Å²) in [5.41, 5.74) is 0.354. The largest absolute Gasteiger partial charge is 0.497 e. The number of halogens is 1. The van der Waals surface area contributed by atoms with Crippen molar-refractivity contribution in [3.8, 4) is 5.75 Å². The smallest absolute Gasteiger partial charge is 0.360 e. The molecule has 116 valence electrons. The first-order valence-corrected chi connectivity index (χ1v) is 7.55. The van der Waals surface area contributed by atoms with Crippen molar-refractivity contribution in [1.29, 1.82) is 0 Å². The van der Waals surface area contributed by atoms with Gasteiger partial charge in [0, 0.05) is 15.4 Å². The average molecular weight is 374 g/mol. The van der Waals surface area contributed by atoms with Gasteiger partial charge in [0.05, 0.1) is 7.11 Å². The molecule has 1 amide bonds. The molecule has 0 aliphatic heterocycles. The molecule has 0 saturated heterocycles. The van der Waals surface area contributed by atoms with Crippen LogP contribution in [0.25, 0.3) is 11.0 Å². The van der Waals surface area contributed by atoms with Crippen molar-refractivity contribution in [1.82, 2.24) is 0 Å². The van der Waals surface area contributed by atoms with E-state index in [4.69, 9.17) is 9.15 Å². The number of anilines is 1. The van der Waals surface area contributed by atoms with Crippen molar-refractivity contribution < 1.29 is 13.9 Å². The molecule has 0 unspecified atom stereocenters. The van der Waals surface area contributed by atoms with Gasteiger partial charge in [0.2, 0.25) is 0 Å². The zero-order chi connectivity index (χ0) is 16.4. The molecule has 0 spiro atoms. The summed E-state index contributed by atoms with van der Waals surface area (Å²) in [4.78, 5) is 24.2. The second-order valence-electron chi connectivity index (χ2n) is 4.78. The molecule has 0 fully saturated rings. The van der Waals surface area contributed by atoms with E-state index in [1.807, 2.05) is 6.07 Å². The summed E-state index contributed by atoms with van der Waals surface area (Å²) in [6.07, 6.45) is 0. The molecule has 2 aromatic carbocycles. The first-order chi connectivity index (χ1) is 11.1. The van der Waals surface area contributed by atoms with E-state index >= 15 is 0 Å². The number of fused-ring (bicyclic) bond motifs is 1. The van der Waals surface area contributed by atoms with Gasteiger partial charge in [-0.05, 0) is 42.5 Å². The number of hydrogen-bond donors (Lipinski definition) is 1. The molecule has 0 saturated carbocycles. The monoisotopic (exact) mass is 373 g/mol. The lowest BCUT2D eigenvalue weighted by Crippen LogP contribution is -2.17. The molecular formula is C17H12BrNO4. The van der Waals surface area contributed by atoms with Gasteiger partial charge in [0.25, 0.3) is 5.91 Å². The van der Waals surface area contributed by atoms with Crippen LogP contribution < -0.4 is 15.7 Å². The van der Waals surface area contributed by atoms with Crippen LogP contribution >= 0.6 is 15.9 Å². The first-order valence-electron chi connectivity index (χ1n) is 6.76. The molecule has 5 nitrogen and oxygen atoms in total. The Morgan fingerprint density at radius 3 is 2.61 bits per heavy atom. The number of nitrogens with one attached hydrogen (secondary N) is 1. The summed E-state index contributed by atoms with van der Waals surface area (Å²) in [7, 11) is 1.55. The van der Waals surface area contributed by atoms with E-state index in [-0.39, 0.29) is 5.69 Å². The summed E-state index contributed by atoms with van der Waals surface area (Å²) in [5.74, 6) is 0.252. The lowest BCUT2D eigenvalue weighted by Gasteiger charge is -2.06. The summed E-state index contributed by atoms with van der Waals surface area (Å²) in [6.45, 7) is 0. The van der Waals surface area contributed by atoms with Gasteiger partial charge in [-0.1, -0.05) is 22.0 Å². The average Bonchev–Trinajstić information content (AvgIpc) is 2.56. The maximum absolute atomic E-state index is 12.2. The number of carbonyl (C=O) groups is 1. The predicted molar refractivity (Wildman–Crippen MR) is 91.1 cm³/mol. The second kappa shape index (κ2) is 6.26. The molecule has 0 aliphatic carbocycles. The molecule has 0 atom stereocenters. The Labute approximate surface area is 140 Å². The van der Waals surface area contributed by atoms with Crippen LogP contribution in [0.3, 0.4) is 0 Å². The minimum absolute atomic E-state index is 0.0882. The Hall–Kier alpha value is -2.60. The van der Waals surface area contributed by atoms with Crippen molar-refractivity contribution in [2.45, 2.75) is 0 Å². The summed E-state index contributed by atoms with van der Waals surface area (Å²) in [5, 5.41) is 3.28. The fourth-order valence-corrected chi connectivity index (χ4v) is 2.59. The molecule has 6 heteroatoms. The van der Waals surface area contributed by atoms with E-state index in [2.05, 4.69) is 21.2 Å². The molecule has 1 N–H and O–H groups in total. The Bertz CT molecular complexity index is 931. The third-order valence-corrected chi connectivity index (χ3v) is 4.02. The summed E-state index contributed by atoms with van der Waals surface area (Å²) < 4.78 is 11.0. The maximum atomic E-state index is 12.2. The van der Waals surface area contributed by atoms with Crippen LogP contribution in [0.2, 0.25) is 0 Å². The van der Waals surface area contributed by atoms with Gasteiger partial charge in [-0.25, -0.2) is 4.79 Å². The van der Waals surface area contributed by atoms with Crippen molar-refractivity contribution >= 4 is 38.5 Å². The van der Waals surface area contributed by atoms with Gasteiger partial charge in [-0.2, -0.15) is 0 Å². The van der Waals surface area contributed by atoms with Crippen LogP contribution in [0.1, 0.15) is 10.4 Å². The number of carbonyl (C=O) groups excluding carboxylic acids is 1. The summed E-state index contributed by atoms with van der Waals surface area (Å²) >= 11 is 3.39. The topological polar surface area (TPSA) is 68.5 Å². The minimum Gasteiger partial charge on any atom is -0.497 e. The zero-order valence-corrected chi connectivity index (χ0v) is 13.7. The Balaban J connectivity index is 1.94. The molecule has 1 heterocycles. The van der Waals surface area contributed by atoms with Crippen molar-refractivity contribution in [2.75, 3.05) is 12.4 Å². The minimum atomic E-state index is -0.600. The number of hydrogen-bond acceptors (Lipinski definition) is 4. The van der Waals surface area contributed by atoms with Crippen LogP contribution in [-0.2, 0) is 0 Å². The van der Waals surface area contributed by atoms with E-state index in [9.17, 15) is 9.59 Å². The summed E-state index contributed by atoms with van der Waals surface area (Å²) in [6, 6.07) is 13.5. The van der Waals surface area contributed by atoms with Crippen molar-refractivity contribution in [3.05, 3.63) is 69.0 Å². The molecule has 0 radical (unpaired) electrons. The number of methoxy groups -OCH3 is 1. The SMILES string of the molecule is COc1ccc(C(=O)Nc2cc3c(Br)cccc3oc2=O)cc1. The van der Waals surface area contributed by atoms with Crippen LogP contribution in [0.15, 0.2) is 62.2 Å². The van der Waals surface area contributed by atoms with E-state index < -0.39 is 11.5 Å². The third kappa shape index (κ3) is 3.12. The normalized spacial score (nSPS) is 10.5. The van der Waals surface area contributed by atoms with Gasteiger partial charge in [-0.3, -0.25) is 4.79 Å². The Morgan fingerprint density at radius 1 is 1.17 bits per heavy atom. The molecule has 3 aromatic rings. The van der Waals surface area contributed by atoms with Crippen LogP contribution in [0.4, 0.5) is 5.69 Å². The van der Waals surface area contributed by atoms with Gasteiger partial charge < -0.3 is 14.5 Å². The van der Waals surface area contributed by atoms with Crippen molar-refractivity contribution in [2.24, 2.45) is 0 Å². The molecule has 1 aromatic heterocycles. The van der Waals surface area contributed by atoms with Gasteiger partial charge in [-0.15, -0.1) is 0 Å². The van der Waals surface area contributed by atoms with Gasteiger partial charge >= 0.3 is 5.63 Å². The van der Waals surface area contributed by atoms with Crippen LogP contribution in [-0.4, -0.2) is 13.0 Å². The lowest BCUT2D eigenvalue weighted by atomic mass is 10.2. The van der Waals surface area contributed by atoms with Gasteiger partial charge in [0.1, 0.15) is 17.0 Å². The highest BCUT2D eigenvalue weighted by molar-refractivity contribution is 9.10. The van der Waals surface area contributed by atoms with E-state index in [1.54, 1.807) is 49.6 Å². The fraction of sp³-hybridized carbons (Fsp3) is 0.0588. The lowest BCUT2D eigenvalue weighted by molar-refractivity contribution is 0.102. The highest BCUT2D eigenvalue weighted by Gasteiger charge is 2.12. The maximum Gasteiger partial charge on any atom is 0.360 e. The van der Waals surface area contributed by atoms with E-state index in [1.165, 1.54) is 0 Å². The number of rotatable bonds is 3. The van der Waals surface area contributed by atoms with Crippen LogP contribution in [0.5, 0.6) is 5.75 Å². The van der Waals surface area contributed by atoms with E-state index in [0.717, 1.165) is 4.47 Å². The quantitative estimate of drug-likeness (QED) is 0.708. The second-order valence-corrected chi connectivity index (χ2v) is 5.64. The Kier molecular flexibility index (Phi) is 4.16. The van der Waals surface area contributed by atoms with E-state index in [0.29, 0.717) is 22.3 Å². The predicted octanol–water partition coefficient (Wildman–Crippen LogP) is 3.82. The third-order valence-electron chi connectivity index (χ3n) is 3.32. The highest BCUT2D eigenvalue weighted by Crippen LogP contribution is 2.24. The number of benzene rings is 2. The highest BCUT2D eigenvalue weighted by atomic mass is 79.9. The molecule has 0 aliphatic rings. The fourth-order valence-electron chi connectivity index (χ4n) is 2.13. The standard InChI is InChI=1S/C17H12BrNO4/c1-22-11-7-5-10(6-8-11)16(20)19-14-9-12-13(18)3-2-4-15(12)23-17(14)21/h2-9H,1H3,(H,19,20). The first kappa shape index (κ1) is 15.3. The molecule has 23 heavy (non-hydrogen) atoms. The van der Waals surface area contributed by atoms with Crippen LogP contribution in [0, 0.1) is 0 Å². The molecule has 0 bridgehead atoms.